The second-order valence-corrected chi connectivity index (χ2v) is 6.18. The molecule has 0 spiro atoms. The number of nitrogens with two attached hydrogens (primary N) is 1. The van der Waals surface area contributed by atoms with Crippen molar-refractivity contribution in [3.05, 3.63) is 90.3 Å². The molecule has 2 aromatic carbocycles. The Morgan fingerprint density at radius 3 is 2.68 bits per heavy atom. The third-order valence-corrected chi connectivity index (χ3v) is 4.43. The standard InChI is InChI=1S/C22H18N4O2/c1-28-18-9-5-8-17(13-18)26-22(23)19(14-25-26)21(27)16-7-4-6-15(12-16)20-10-2-3-11-24-20/h2-14H,23H2,1H3. The number of carbonyl (C=O) groups excluding carboxylic acids is 1. The molecular weight excluding hydrogens is 352 g/mol. The largest absolute Gasteiger partial charge is 0.497 e. The Balaban J connectivity index is 1.69. The first-order chi connectivity index (χ1) is 13.7. The van der Waals surface area contributed by atoms with Crippen molar-refractivity contribution < 1.29 is 9.53 Å². The highest BCUT2D eigenvalue weighted by Gasteiger charge is 2.18. The van der Waals surface area contributed by atoms with Crippen LogP contribution in [0.2, 0.25) is 0 Å². The van der Waals surface area contributed by atoms with Crippen molar-refractivity contribution in [2.75, 3.05) is 12.8 Å². The van der Waals surface area contributed by atoms with E-state index in [9.17, 15) is 4.79 Å². The molecule has 0 bridgehead atoms. The topological polar surface area (TPSA) is 83.0 Å². The summed E-state index contributed by atoms with van der Waals surface area (Å²) in [4.78, 5) is 17.4. The lowest BCUT2D eigenvalue weighted by molar-refractivity contribution is 0.103. The third kappa shape index (κ3) is 3.23. The molecule has 0 amide bonds. The zero-order valence-corrected chi connectivity index (χ0v) is 15.2. The molecule has 0 saturated carbocycles. The third-order valence-electron chi connectivity index (χ3n) is 4.43. The Hall–Kier alpha value is -3.93. The van der Waals surface area contributed by atoms with E-state index in [2.05, 4.69) is 10.1 Å². The first-order valence-corrected chi connectivity index (χ1v) is 8.71. The summed E-state index contributed by atoms with van der Waals surface area (Å²) < 4.78 is 6.77. The number of hydrogen-bond donors (Lipinski definition) is 1. The average Bonchev–Trinajstić information content (AvgIpc) is 3.15. The molecule has 0 fully saturated rings. The van der Waals surface area contributed by atoms with Crippen molar-refractivity contribution in [1.29, 1.82) is 0 Å². The summed E-state index contributed by atoms with van der Waals surface area (Å²) in [6.07, 6.45) is 3.21. The molecule has 0 saturated heterocycles. The zero-order valence-electron chi connectivity index (χ0n) is 15.2. The van der Waals surface area contributed by atoms with Gasteiger partial charge in [-0.05, 0) is 30.3 Å². The van der Waals surface area contributed by atoms with Gasteiger partial charge in [0.1, 0.15) is 11.6 Å². The van der Waals surface area contributed by atoms with Crippen molar-refractivity contribution in [3.63, 3.8) is 0 Å². The van der Waals surface area contributed by atoms with Crippen LogP contribution in [-0.2, 0) is 0 Å². The summed E-state index contributed by atoms with van der Waals surface area (Å²) in [5.41, 5.74) is 9.51. The van der Waals surface area contributed by atoms with Crippen LogP contribution >= 0.6 is 0 Å². The minimum atomic E-state index is -0.190. The summed E-state index contributed by atoms with van der Waals surface area (Å²) in [6, 6.07) is 20.3. The van der Waals surface area contributed by atoms with Crippen LogP contribution in [0.4, 0.5) is 5.82 Å². The number of carbonyl (C=O) groups is 1. The van der Waals surface area contributed by atoms with Gasteiger partial charge in [-0.1, -0.05) is 30.3 Å². The fourth-order valence-corrected chi connectivity index (χ4v) is 2.99. The average molecular weight is 370 g/mol. The van der Waals surface area contributed by atoms with Gasteiger partial charge in [0, 0.05) is 23.4 Å². The molecule has 0 aliphatic carbocycles. The number of benzene rings is 2. The van der Waals surface area contributed by atoms with E-state index in [0.29, 0.717) is 16.9 Å². The van der Waals surface area contributed by atoms with E-state index in [1.165, 1.54) is 10.9 Å². The number of nitrogen functional groups attached to an aromatic ring is 1. The quantitative estimate of drug-likeness (QED) is 0.541. The van der Waals surface area contributed by atoms with Crippen LogP contribution < -0.4 is 10.5 Å². The van der Waals surface area contributed by atoms with Crippen molar-refractivity contribution in [1.82, 2.24) is 14.8 Å². The van der Waals surface area contributed by atoms with Crippen LogP contribution in [0.5, 0.6) is 5.75 Å². The number of ketones is 1. The van der Waals surface area contributed by atoms with E-state index in [4.69, 9.17) is 10.5 Å². The Bertz CT molecular complexity index is 1140. The Morgan fingerprint density at radius 2 is 1.89 bits per heavy atom. The SMILES string of the molecule is COc1cccc(-n2ncc(C(=O)c3cccc(-c4ccccn4)c3)c2N)c1. The van der Waals surface area contributed by atoms with Crippen LogP contribution in [0.1, 0.15) is 15.9 Å². The molecule has 0 aliphatic heterocycles. The van der Waals surface area contributed by atoms with E-state index in [0.717, 1.165) is 16.9 Å². The summed E-state index contributed by atoms with van der Waals surface area (Å²) in [7, 11) is 1.59. The van der Waals surface area contributed by atoms with Crippen molar-refractivity contribution in [2.45, 2.75) is 0 Å². The van der Waals surface area contributed by atoms with Gasteiger partial charge in [-0.3, -0.25) is 9.78 Å². The number of pyridine rings is 1. The molecule has 0 radical (unpaired) electrons. The molecule has 6 nitrogen and oxygen atoms in total. The number of aromatic nitrogens is 3. The minimum Gasteiger partial charge on any atom is -0.497 e. The van der Waals surface area contributed by atoms with E-state index >= 15 is 0 Å². The highest BCUT2D eigenvalue weighted by Crippen LogP contribution is 2.24. The van der Waals surface area contributed by atoms with Gasteiger partial charge in [-0.25, -0.2) is 4.68 Å². The Labute approximate surface area is 162 Å². The van der Waals surface area contributed by atoms with E-state index in [1.54, 1.807) is 25.4 Å². The minimum absolute atomic E-state index is 0.190. The molecule has 28 heavy (non-hydrogen) atoms. The molecule has 2 aromatic heterocycles. The van der Waals surface area contributed by atoms with Crippen LogP contribution in [-0.4, -0.2) is 27.7 Å². The van der Waals surface area contributed by atoms with Gasteiger partial charge >= 0.3 is 0 Å². The number of anilines is 1. The van der Waals surface area contributed by atoms with E-state index in [1.807, 2.05) is 54.6 Å². The van der Waals surface area contributed by atoms with E-state index < -0.39 is 0 Å². The normalized spacial score (nSPS) is 10.6. The lowest BCUT2D eigenvalue weighted by Gasteiger charge is -2.07. The summed E-state index contributed by atoms with van der Waals surface area (Å²) >= 11 is 0. The molecule has 4 rings (SSSR count). The smallest absolute Gasteiger partial charge is 0.198 e. The maximum atomic E-state index is 13.0. The zero-order chi connectivity index (χ0) is 19.5. The molecule has 0 unspecified atom stereocenters. The van der Waals surface area contributed by atoms with Crippen LogP contribution in [0.15, 0.2) is 79.1 Å². The second kappa shape index (κ2) is 7.36. The fraction of sp³-hybridized carbons (Fsp3) is 0.0455. The molecule has 0 aliphatic rings. The molecule has 0 atom stereocenters. The molecule has 2 heterocycles. The highest BCUT2D eigenvalue weighted by molar-refractivity contribution is 6.12. The molecule has 2 N–H and O–H groups in total. The monoisotopic (exact) mass is 370 g/mol. The lowest BCUT2D eigenvalue weighted by atomic mass is 10.0. The van der Waals surface area contributed by atoms with E-state index in [-0.39, 0.29) is 11.6 Å². The van der Waals surface area contributed by atoms with Crippen LogP contribution in [0.25, 0.3) is 16.9 Å². The van der Waals surface area contributed by atoms with Crippen molar-refractivity contribution in [3.8, 4) is 22.7 Å². The van der Waals surface area contributed by atoms with Gasteiger partial charge < -0.3 is 10.5 Å². The van der Waals surface area contributed by atoms with Gasteiger partial charge in [-0.15, -0.1) is 0 Å². The van der Waals surface area contributed by atoms with Gasteiger partial charge in [0.2, 0.25) is 0 Å². The summed E-state index contributed by atoms with van der Waals surface area (Å²) in [6.45, 7) is 0. The molecule has 6 heteroatoms. The lowest BCUT2D eigenvalue weighted by Crippen LogP contribution is -2.07. The predicted molar refractivity (Wildman–Crippen MR) is 108 cm³/mol. The summed E-state index contributed by atoms with van der Waals surface area (Å²) in [5.74, 6) is 0.772. The summed E-state index contributed by atoms with van der Waals surface area (Å²) in [5, 5.41) is 4.29. The number of ether oxygens (including phenoxy) is 1. The Morgan fingerprint density at radius 1 is 1.04 bits per heavy atom. The second-order valence-electron chi connectivity index (χ2n) is 6.18. The number of rotatable bonds is 5. The highest BCUT2D eigenvalue weighted by atomic mass is 16.5. The molecule has 4 aromatic rings. The Kier molecular flexibility index (Phi) is 4.60. The van der Waals surface area contributed by atoms with Crippen LogP contribution in [0.3, 0.4) is 0 Å². The van der Waals surface area contributed by atoms with Gasteiger partial charge in [0.25, 0.3) is 0 Å². The first-order valence-electron chi connectivity index (χ1n) is 8.71. The van der Waals surface area contributed by atoms with Gasteiger partial charge in [-0.2, -0.15) is 5.10 Å². The number of methoxy groups -OCH3 is 1. The van der Waals surface area contributed by atoms with Gasteiger partial charge in [0.15, 0.2) is 5.78 Å². The molecular formula is C22H18N4O2. The number of hydrogen-bond acceptors (Lipinski definition) is 5. The predicted octanol–water partition coefficient (Wildman–Crippen LogP) is 3.76. The van der Waals surface area contributed by atoms with Crippen molar-refractivity contribution >= 4 is 11.6 Å². The maximum absolute atomic E-state index is 13.0. The first kappa shape index (κ1) is 17.5. The number of nitrogens with zero attached hydrogens (tertiary/aromatic N) is 3. The maximum Gasteiger partial charge on any atom is 0.198 e. The fourth-order valence-electron chi connectivity index (χ4n) is 2.99. The van der Waals surface area contributed by atoms with Gasteiger partial charge in [0.05, 0.1) is 30.3 Å². The van der Waals surface area contributed by atoms with Crippen LogP contribution in [0, 0.1) is 0 Å². The molecule has 138 valence electrons. The van der Waals surface area contributed by atoms with Crippen molar-refractivity contribution in [2.24, 2.45) is 0 Å².